The zero-order valence-corrected chi connectivity index (χ0v) is 5.81. The summed E-state index contributed by atoms with van der Waals surface area (Å²) in [6.45, 7) is 0. The molecule has 2 aliphatic rings. The van der Waals surface area contributed by atoms with E-state index in [1.165, 1.54) is 7.85 Å². The quantitative estimate of drug-likeness (QED) is 0.310. The third-order valence-corrected chi connectivity index (χ3v) is 5.61. The molecule has 1 aliphatic heterocycles. The van der Waals surface area contributed by atoms with Crippen LogP contribution < -0.4 is 21.2 Å². The molecule has 1 saturated carbocycles. The van der Waals surface area contributed by atoms with Gasteiger partial charge < -0.3 is 0 Å². The maximum absolute atomic E-state index is 1.61. The molecule has 0 aromatic rings. The Morgan fingerprint density at radius 3 is 2.00 bits per heavy atom. The predicted octanol–water partition coefficient (Wildman–Crippen LogP) is -1.99. The Kier molecular flexibility index (Phi) is 0.686. The first-order valence-electron chi connectivity index (χ1n) is 2.59. The molecule has 0 amide bonds. The van der Waals surface area contributed by atoms with Crippen LogP contribution in [0.2, 0.25) is 0 Å². The van der Waals surface area contributed by atoms with Gasteiger partial charge >= 0.3 is 48.3 Å². The van der Waals surface area contributed by atoms with Gasteiger partial charge in [-0.2, -0.15) is 0 Å². The van der Waals surface area contributed by atoms with E-state index in [2.05, 4.69) is 0 Å². The van der Waals surface area contributed by atoms with Crippen molar-refractivity contribution in [3.63, 3.8) is 0 Å². The molecule has 0 N–H and O–H groups in total. The van der Waals surface area contributed by atoms with Crippen LogP contribution in [0.4, 0.5) is 0 Å². The number of hydrogen-bond acceptors (Lipinski definition) is 0. The van der Waals surface area contributed by atoms with E-state index in [0.29, 0.717) is 0 Å². The SMILES string of the molecule is C1CC2[I-][C@H]2C1. The van der Waals surface area contributed by atoms with Crippen molar-refractivity contribution < 1.29 is 21.2 Å². The molecule has 1 saturated heterocycles. The zero-order chi connectivity index (χ0) is 3.98. The van der Waals surface area contributed by atoms with Gasteiger partial charge in [0.15, 0.2) is 0 Å². The van der Waals surface area contributed by atoms with Crippen molar-refractivity contribution in [1.82, 2.24) is 0 Å². The summed E-state index contributed by atoms with van der Waals surface area (Å²) in [5, 5.41) is 0. The predicted molar refractivity (Wildman–Crippen MR) is 21.4 cm³/mol. The summed E-state index contributed by atoms with van der Waals surface area (Å²) in [5.74, 6) is 0. The molecule has 0 aromatic heterocycles. The Morgan fingerprint density at radius 2 is 1.83 bits per heavy atom. The van der Waals surface area contributed by atoms with Gasteiger partial charge in [0.1, 0.15) is 0 Å². The fraction of sp³-hybridized carbons (Fsp3) is 1.00. The third kappa shape index (κ3) is 0.406. The van der Waals surface area contributed by atoms with Crippen molar-refractivity contribution in [3.8, 4) is 0 Å². The van der Waals surface area contributed by atoms with E-state index in [1.807, 2.05) is 0 Å². The van der Waals surface area contributed by atoms with Crippen LogP contribution in [-0.2, 0) is 0 Å². The Labute approximate surface area is 48.6 Å². The van der Waals surface area contributed by atoms with Crippen molar-refractivity contribution in [2.24, 2.45) is 0 Å². The van der Waals surface area contributed by atoms with Gasteiger partial charge in [-0.3, -0.25) is 0 Å². The first-order valence-corrected chi connectivity index (χ1v) is 5.08. The van der Waals surface area contributed by atoms with Gasteiger partial charge in [0.25, 0.3) is 0 Å². The molecule has 2 atom stereocenters. The number of alkyl halides is 2. The molecule has 6 heavy (non-hydrogen) atoms. The van der Waals surface area contributed by atoms with Gasteiger partial charge in [-0.05, 0) is 0 Å². The Bertz CT molecular complexity index is 62.3. The summed E-state index contributed by atoms with van der Waals surface area (Å²) in [7, 11) is 0. The van der Waals surface area contributed by atoms with Crippen molar-refractivity contribution in [1.29, 1.82) is 0 Å². The van der Waals surface area contributed by atoms with Crippen LogP contribution in [0.25, 0.3) is 0 Å². The second-order valence-corrected chi connectivity index (χ2v) is 6.01. The number of halogens is 1. The van der Waals surface area contributed by atoms with Gasteiger partial charge in [0.2, 0.25) is 0 Å². The molecule has 2 rings (SSSR count). The van der Waals surface area contributed by atoms with Crippen LogP contribution in [0.1, 0.15) is 19.3 Å². The van der Waals surface area contributed by atoms with Crippen molar-refractivity contribution in [2.75, 3.05) is 0 Å². The molecule has 0 aromatic carbocycles. The van der Waals surface area contributed by atoms with E-state index >= 15 is 0 Å². The van der Waals surface area contributed by atoms with Crippen molar-refractivity contribution >= 4 is 0 Å². The summed E-state index contributed by atoms with van der Waals surface area (Å²) in [6.07, 6.45) is 4.78. The molecule has 36 valence electrons. The third-order valence-electron chi connectivity index (χ3n) is 1.61. The number of rotatable bonds is 0. The molecular weight excluding hydrogens is 187 g/mol. The van der Waals surface area contributed by atoms with E-state index in [0.717, 1.165) is 21.2 Å². The van der Waals surface area contributed by atoms with Crippen LogP contribution in [0, 0.1) is 0 Å². The fourth-order valence-corrected chi connectivity index (χ4v) is 4.43. The molecule has 0 nitrogen and oxygen atoms in total. The molecular formula is C5H8I-. The Morgan fingerprint density at radius 1 is 1.17 bits per heavy atom. The molecule has 1 heteroatoms. The molecule has 2 fully saturated rings. The molecule has 1 heterocycles. The second kappa shape index (κ2) is 1.11. The normalized spacial score (nSPS) is 53.3. The van der Waals surface area contributed by atoms with Gasteiger partial charge in [0, 0.05) is 0 Å². The van der Waals surface area contributed by atoms with Crippen LogP contribution in [0.3, 0.4) is 0 Å². The first-order chi connectivity index (χ1) is 2.97. The average Bonchev–Trinajstić information content (AvgIpc) is 2.17. The standard InChI is InChI=1S/C5H8I/c1-2-4-5(3-1)6-4/h4-5H,1-3H2/q-1/t4-,5?/m0/s1. The number of fused-ring (bicyclic) bond motifs is 1. The van der Waals surface area contributed by atoms with Crippen molar-refractivity contribution in [3.05, 3.63) is 0 Å². The number of hydrogen-bond donors (Lipinski definition) is 0. The summed E-state index contributed by atoms with van der Waals surface area (Å²) in [5.41, 5.74) is 0. The van der Waals surface area contributed by atoms with Crippen molar-refractivity contribution in [2.45, 2.75) is 27.1 Å². The average molecular weight is 195 g/mol. The molecule has 1 aliphatic carbocycles. The van der Waals surface area contributed by atoms with E-state index in [-0.39, 0.29) is 0 Å². The minimum absolute atomic E-state index is 0.798. The Balaban J connectivity index is 2.09. The maximum atomic E-state index is 1.61. The summed E-state index contributed by atoms with van der Waals surface area (Å²) in [4.78, 5) is 0. The van der Waals surface area contributed by atoms with E-state index < -0.39 is 0 Å². The zero-order valence-electron chi connectivity index (χ0n) is 3.65. The van der Waals surface area contributed by atoms with Crippen LogP contribution in [-0.4, -0.2) is 7.85 Å². The van der Waals surface area contributed by atoms with Crippen LogP contribution >= 0.6 is 0 Å². The van der Waals surface area contributed by atoms with Gasteiger partial charge in [0.05, 0.1) is 0 Å². The molecule has 0 spiro atoms. The van der Waals surface area contributed by atoms with Gasteiger partial charge in [-0.1, -0.05) is 0 Å². The topological polar surface area (TPSA) is 0 Å². The van der Waals surface area contributed by atoms with E-state index in [1.54, 1.807) is 19.3 Å². The summed E-state index contributed by atoms with van der Waals surface area (Å²) < 4.78 is 2.65. The van der Waals surface area contributed by atoms with E-state index in [9.17, 15) is 0 Å². The summed E-state index contributed by atoms with van der Waals surface area (Å²) in [6, 6.07) is 0. The molecule has 0 radical (unpaired) electrons. The summed E-state index contributed by atoms with van der Waals surface area (Å²) >= 11 is 0.798. The fourth-order valence-electron chi connectivity index (χ4n) is 1.16. The molecule has 0 bridgehead atoms. The van der Waals surface area contributed by atoms with Gasteiger partial charge in [-0.25, -0.2) is 0 Å². The van der Waals surface area contributed by atoms with E-state index in [4.69, 9.17) is 0 Å². The second-order valence-electron chi connectivity index (χ2n) is 2.09. The van der Waals surface area contributed by atoms with Crippen LogP contribution in [0.15, 0.2) is 0 Å². The monoisotopic (exact) mass is 195 g/mol. The minimum atomic E-state index is 0.798. The van der Waals surface area contributed by atoms with Crippen LogP contribution in [0.5, 0.6) is 0 Å². The molecule has 1 unspecified atom stereocenters. The first kappa shape index (κ1) is 3.70. The Hall–Kier alpha value is 0.730. The van der Waals surface area contributed by atoms with Gasteiger partial charge in [-0.15, -0.1) is 0 Å².